The summed E-state index contributed by atoms with van der Waals surface area (Å²) in [5, 5.41) is 3.45. The molecule has 4 heteroatoms. The van der Waals surface area contributed by atoms with Gasteiger partial charge in [0.15, 0.2) is 5.78 Å². The fourth-order valence-corrected chi connectivity index (χ4v) is 3.73. The summed E-state index contributed by atoms with van der Waals surface area (Å²) in [6, 6.07) is 7.58. The summed E-state index contributed by atoms with van der Waals surface area (Å²) in [6.07, 6.45) is 2.83. The number of carbonyl (C=O) groups is 2. The number of nitrogens with zero attached hydrogens (tertiary/aromatic N) is 1. The minimum atomic E-state index is 0.0641. The molecule has 2 aliphatic heterocycles. The monoisotopic (exact) mass is 314 g/mol. The summed E-state index contributed by atoms with van der Waals surface area (Å²) in [7, 11) is 0. The normalized spacial score (nSPS) is 24.1. The maximum absolute atomic E-state index is 12.4. The average Bonchev–Trinajstić information content (AvgIpc) is 2.91. The van der Waals surface area contributed by atoms with Crippen molar-refractivity contribution in [1.82, 2.24) is 10.2 Å². The van der Waals surface area contributed by atoms with E-state index in [9.17, 15) is 9.59 Å². The third kappa shape index (κ3) is 3.99. The van der Waals surface area contributed by atoms with Crippen LogP contribution in [0.3, 0.4) is 0 Å². The van der Waals surface area contributed by atoms with Crippen LogP contribution in [0.25, 0.3) is 0 Å². The molecule has 0 aliphatic carbocycles. The highest BCUT2D eigenvalue weighted by Gasteiger charge is 2.31. The van der Waals surface area contributed by atoms with E-state index in [4.69, 9.17) is 0 Å². The van der Waals surface area contributed by atoms with Crippen molar-refractivity contribution in [2.75, 3.05) is 26.2 Å². The molecule has 1 N–H and O–H groups in total. The number of hydrogen-bond donors (Lipinski definition) is 1. The lowest BCUT2D eigenvalue weighted by atomic mass is 9.92. The molecule has 1 amide bonds. The SMILES string of the molecule is Cc1ccc(C(=O)CCC(=O)N2CC[C@@H]3CNC[C@@H]3CC2)cc1. The van der Waals surface area contributed by atoms with Gasteiger partial charge in [0.25, 0.3) is 0 Å². The van der Waals surface area contributed by atoms with Crippen LogP contribution < -0.4 is 5.32 Å². The maximum Gasteiger partial charge on any atom is 0.223 e. The second-order valence-corrected chi connectivity index (χ2v) is 6.93. The van der Waals surface area contributed by atoms with Crippen LogP contribution >= 0.6 is 0 Å². The number of amides is 1. The summed E-state index contributed by atoms with van der Waals surface area (Å²) in [4.78, 5) is 26.6. The molecule has 0 bridgehead atoms. The molecule has 1 aromatic carbocycles. The zero-order valence-electron chi connectivity index (χ0n) is 13.9. The van der Waals surface area contributed by atoms with Crippen molar-refractivity contribution in [3.05, 3.63) is 35.4 Å². The lowest BCUT2D eigenvalue weighted by Gasteiger charge is -2.20. The first-order valence-corrected chi connectivity index (χ1v) is 8.72. The summed E-state index contributed by atoms with van der Waals surface area (Å²) in [5.74, 6) is 1.65. The van der Waals surface area contributed by atoms with Gasteiger partial charge in [-0.2, -0.15) is 0 Å². The smallest absolute Gasteiger partial charge is 0.223 e. The Balaban J connectivity index is 1.49. The van der Waals surface area contributed by atoms with Gasteiger partial charge in [-0.15, -0.1) is 0 Å². The average molecular weight is 314 g/mol. The van der Waals surface area contributed by atoms with E-state index in [0.717, 1.165) is 56.4 Å². The van der Waals surface area contributed by atoms with Crippen molar-refractivity contribution < 1.29 is 9.59 Å². The number of rotatable bonds is 4. The highest BCUT2D eigenvalue weighted by molar-refractivity contribution is 5.97. The fourth-order valence-electron chi connectivity index (χ4n) is 3.73. The molecule has 2 atom stereocenters. The number of benzene rings is 1. The quantitative estimate of drug-likeness (QED) is 0.868. The number of nitrogens with one attached hydrogen (secondary N) is 1. The molecule has 0 radical (unpaired) electrons. The molecule has 3 rings (SSSR count). The highest BCUT2D eigenvalue weighted by atomic mass is 16.2. The molecule has 23 heavy (non-hydrogen) atoms. The number of Topliss-reactive ketones (excluding diaryl/α,β-unsaturated/α-hetero) is 1. The summed E-state index contributed by atoms with van der Waals surface area (Å²) in [6.45, 7) is 5.89. The van der Waals surface area contributed by atoms with Crippen LogP contribution in [0, 0.1) is 18.8 Å². The van der Waals surface area contributed by atoms with E-state index < -0.39 is 0 Å². The first kappa shape index (κ1) is 16.2. The third-order valence-corrected chi connectivity index (χ3v) is 5.31. The molecule has 2 heterocycles. The van der Waals surface area contributed by atoms with E-state index in [2.05, 4.69) is 5.32 Å². The standard InChI is InChI=1S/C19H26N2O2/c1-14-2-4-15(5-3-14)18(22)6-7-19(23)21-10-8-16-12-20-13-17(16)9-11-21/h2-5,16-17,20H,6-13H2,1H3/t16-,17+. The molecule has 2 fully saturated rings. The Morgan fingerprint density at radius 2 is 1.65 bits per heavy atom. The lowest BCUT2D eigenvalue weighted by Crippen LogP contribution is -2.32. The third-order valence-electron chi connectivity index (χ3n) is 5.31. The molecule has 1 aromatic rings. The lowest BCUT2D eigenvalue weighted by molar-refractivity contribution is -0.131. The van der Waals surface area contributed by atoms with E-state index in [-0.39, 0.29) is 11.7 Å². The van der Waals surface area contributed by atoms with Gasteiger partial charge in [-0.1, -0.05) is 29.8 Å². The maximum atomic E-state index is 12.4. The number of carbonyl (C=O) groups excluding carboxylic acids is 2. The van der Waals surface area contributed by atoms with E-state index in [0.29, 0.717) is 18.4 Å². The van der Waals surface area contributed by atoms with Gasteiger partial charge in [0.05, 0.1) is 0 Å². The van der Waals surface area contributed by atoms with Gasteiger partial charge in [0, 0.05) is 31.5 Å². The van der Waals surface area contributed by atoms with Gasteiger partial charge in [-0.05, 0) is 44.7 Å². The molecule has 0 saturated carbocycles. The van der Waals surface area contributed by atoms with Gasteiger partial charge < -0.3 is 10.2 Å². The van der Waals surface area contributed by atoms with Gasteiger partial charge in [0.1, 0.15) is 0 Å². The molecule has 2 aliphatic rings. The molecule has 4 nitrogen and oxygen atoms in total. The Bertz CT molecular complexity index is 553. The molecule has 0 spiro atoms. The predicted octanol–water partition coefficient (Wildman–Crippen LogP) is 2.42. The van der Waals surface area contributed by atoms with Gasteiger partial charge in [0.2, 0.25) is 5.91 Å². The first-order chi connectivity index (χ1) is 11.1. The van der Waals surface area contributed by atoms with Crippen LogP contribution in [0.1, 0.15) is 41.6 Å². The van der Waals surface area contributed by atoms with Crippen LogP contribution in [0.5, 0.6) is 0 Å². The number of ketones is 1. The molecular formula is C19H26N2O2. The van der Waals surface area contributed by atoms with Crippen molar-refractivity contribution in [3.8, 4) is 0 Å². The first-order valence-electron chi connectivity index (χ1n) is 8.72. The van der Waals surface area contributed by atoms with Crippen LogP contribution in [0.15, 0.2) is 24.3 Å². The van der Waals surface area contributed by atoms with E-state index in [1.165, 1.54) is 0 Å². The summed E-state index contributed by atoms with van der Waals surface area (Å²) in [5.41, 5.74) is 1.85. The Morgan fingerprint density at radius 3 is 2.26 bits per heavy atom. The zero-order valence-corrected chi connectivity index (χ0v) is 13.9. The van der Waals surface area contributed by atoms with Crippen LogP contribution in [0.4, 0.5) is 0 Å². The largest absolute Gasteiger partial charge is 0.343 e. The van der Waals surface area contributed by atoms with Crippen molar-refractivity contribution in [2.24, 2.45) is 11.8 Å². The van der Waals surface area contributed by atoms with Crippen molar-refractivity contribution in [1.29, 1.82) is 0 Å². The van der Waals surface area contributed by atoms with Gasteiger partial charge >= 0.3 is 0 Å². The molecule has 0 unspecified atom stereocenters. The van der Waals surface area contributed by atoms with E-state index in [1.54, 1.807) is 0 Å². The Hall–Kier alpha value is -1.68. The van der Waals surface area contributed by atoms with E-state index in [1.807, 2.05) is 36.1 Å². The summed E-state index contributed by atoms with van der Waals surface area (Å²) >= 11 is 0. The topological polar surface area (TPSA) is 49.4 Å². The van der Waals surface area contributed by atoms with Crippen molar-refractivity contribution in [3.63, 3.8) is 0 Å². The molecule has 0 aromatic heterocycles. The fraction of sp³-hybridized carbons (Fsp3) is 0.579. The number of likely N-dealkylation sites (tertiary alicyclic amines) is 1. The van der Waals surface area contributed by atoms with Crippen LogP contribution in [-0.2, 0) is 4.79 Å². The van der Waals surface area contributed by atoms with Crippen LogP contribution in [-0.4, -0.2) is 42.8 Å². The minimum Gasteiger partial charge on any atom is -0.343 e. The molecule has 2 saturated heterocycles. The second kappa shape index (κ2) is 7.26. The predicted molar refractivity (Wildman–Crippen MR) is 90.4 cm³/mol. The van der Waals surface area contributed by atoms with Gasteiger partial charge in [-0.25, -0.2) is 0 Å². The minimum absolute atomic E-state index is 0.0641. The number of aryl methyl sites for hydroxylation is 1. The second-order valence-electron chi connectivity index (χ2n) is 6.93. The Morgan fingerprint density at radius 1 is 1.04 bits per heavy atom. The number of hydrogen-bond acceptors (Lipinski definition) is 3. The van der Waals surface area contributed by atoms with E-state index >= 15 is 0 Å². The molecule has 124 valence electrons. The zero-order chi connectivity index (χ0) is 16.2. The molecular weight excluding hydrogens is 288 g/mol. The number of fused-ring (bicyclic) bond motifs is 1. The van der Waals surface area contributed by atoms with Gasteiger partial charge in [-0.3, -0.25) is 9.59 Å². The van der Waals surface area contributed by atoms with Crippen molar-refractivity contribution in [2.45, 2.75) is 32.6 Å². The highest BCUT2D eigenvalue weighted by Crippen LogP contribution is 2.27. The Labute approximate surface area is 138 Å². The Kier molecular flexibility index (Phi) is 5.11. The van der Waals surface area contributed by atoms with Crippen LogP contribution in [0.2, 0.25) is 0 Å². The van der Waals surface area contributed by atoms with Crippen molar-refractivity contribution >= 4 is 11.7 Å². The summed E-state index contributed by atoms with van der Waals surface area (Å²) < 4.78 is 0.